The van der Waals surface area contributed by atoms with Crippen LogP contribution in [0.4, 0.5) is 0 Å². The van der Waals surface area contributed by atoms with Crippen LogP contribution in [0, 0.1) is 23.7 Å². The third kappa shape index (κ3) is 2.87. The van der Waals surface area contributed by atoms with Gasteiger partial charge in [0.25, 0.3) is 0 Å². The Hall–Kier alpha value is -0.200. The van der Waals surface area contributed by atoms with E-state index >= 15 is 0 Å². The van der Waals surface area contributed by atoms with E-state index in [9.17, 15) is 0 Å². The van der Waals surface area contributed by atoms with Crippen molar-refractivity contribution in [2.45, 2.75) is 90.0 Å². The lowest BCUT2D eigenvalue weighted by Gasteiger charge is -2.60. The second-order valence-corrected chi connectivity index (χ2v) is 8.98. The highest BCUT2D eigenvalue weighted by Crippen LogP contribution is 2.60. The van der Waals surface area contributed by atoms with Gasteiger partial charge >= 0.3 is 0 Å². The summed E-state index contributed by atoms with van der Waals surface area (Å²) in [5, 5.41) is 3.51. The zero-order chi connectivity index (χ0) is 17.7. The normalized spacial score (nSPS) is 51.8. The maximum Gasteiger partial charge on any atom is 0.201 e. The first kappa shape index (κ1) is 18.2. The first-order valence-electron chi connectivity index (χ1n) is 10.4. The molecule has 1 N–H and O–H groups in total. The van der Waals surface area contributed by atoms with Crippen molar-refractivity contribution in [1.82, 2.24) is 5.32 Å². The van der Waals surface area contributed by atoms with Crippen LogP contribution in [0.1, 0.15) is 66.2 Å². The van der Waals surface area contributed by atoms with E-state index in [4.69, 9.17) is 19.2 Å². The molecule has 4 saturated heterocycles. The summed E-state index contributed by atoms with van der Waals surface area (Å²) >= 11 is 0. The molecule has 1 spiro atoms. The Balaban J connectivity index is 1.58. The lowest BCUT2D eigenvalue weighted by molar-refractivity contribution is -0.571. The molecule has 0 amide bonds. The van der Waals surface area contributed by atoms with Gasteiger partial charge in [0.2, 0.25) is 5.79 Å². The fourth-order valence-corrected chi connectivity index (χ4v) is 5.85. The molecule has 5 nitrogen and oxygen atoms in total. The van der Waals surface area contributed by atoms with E-state index in [1.165, 1.54) is 19.3 Å². The summed E-state index contributed by atoms with van der Waals surface area (Å²) < 4.78 is 13.0. The smallest absolute Gasteiger partial charge is 0.201 e. The topological polar surface area (TPSA) is 49.0 Å². The zero-order valence-corrected chi connectivity index (χ0v) is 16.3. The molecule has 2 bridgehead atoms. The van der Waals surface area contributed by atoms with Crippen molar-refractivity contribution in [1.29, 1.82) is 0 Å². The van der Waals surface area contributed by atoms with E-state index in [0.717, 1.165) is 32.4 Å². The first-order valence-corrected chi connectivity index (χ1v) is 10.4. The fraction of sp³-hybridized carbons (Fsp3) is 1.00. The van der Waals surface area contributed by atoms with Crippen LogP contribution in [0.2, 0.25) is 0 Å². The lowest BCUT2D eigenvalue weighted by Crippen LogP contribution is -2.70. The molecule has 144 valence electrons. The van der Waals surface area contributed by atoms with E-state index in [0.29, 0.717) is 23.7 Å². The molecule has 4 heterocycles. The number of nitrogens with one attached hydrogen (secondary N) is 1. The van der Waals surface area contributed by atoms with Gasteiger partial charge in [-0.2, -0.15) is 0 Å². The largest absolute Gasteiger partial charge is 0.346 e. The van der Waals surface area contributed by atoms with Crippen molar-refractivity contribution >= 4 is 0 Å². The van der Waals surface area contributed by atoms with E-state index in [-0.39, 0.29) is 12.4 Å². The minimum atomic E-state index is -0.664. The summed E-state index contributed by atoms with van der Waals surface area (Å²) in [6.07, 6.45) is 6.57. The van der Waals surface area contributed by atoms with Gasteiger partial charge in [-0.1, -0.05) is 20.8 Å². The van der Waals surface area contributed by atoms with Crippen LogP contribution in [-0.2, 0) is 19.2 Å². The number of rotatable bonds is 5. The van der Waals surface area contributed by atoms with Crippen molar-refractivity contribution in [3.05, 3.63) is 0 Å². The summed E-state index contributed by atoms with van der Waals surface area (Å²) in [6.45, 7) is 11.0. The average Bonchev–Trinajstić information content (AvgIpc) is 2.82. The summed E-state index contributed by atoms with van der Waals surface area (Å²) in [6, 6.07) is 0. The quantitative estimate of drug-likeness (QED) is 0.604. The van der Waals surface area contributed by atoms with Crippen molar-refractivity contribution in [2.75, 3.05) is 13.1 Å². The average molecular weight is 354 g/mol. The molecule has 1 aliphatic carbocycles. The van der Waals surface area contributed by atoms with Gasteiger partial charge in [0.15, 0.2) is 11.9 Å². The fourth-order valence-electron chi connectivity index (χ4n) is 5.85. The molecule has 5 rings (SSSR count). The predicted octanol–water partition coefficient (Wildman–Crippen LogP) is 3.63. The minimum absolute atomic E-state index is 0.227. The van der Waals surface area contributed by atoms with Crippen LogP contribution in [0.5, 0.6) is 0 Å². The molecule has 0 radical (unpaired) electrons. The summed E-state index contributed by atoms with van der Waals surface area (Å²) in [5.74, 6) is 1.34. The maximum absolute atomic E-state index is 6.57. The van der Waals surface area contributed by atoms with E-state index in [2.05, 4.69) is 26.1 Å². The minimum Gasteiger partial charge on any atom is -0.346 e. The van der Waals surface area contributed by atoms with Crippen molar-refractivity contribution in [3.63, 3.8) is 0 Å². The van der Waals surface area contributed by atoms with Crippen molar-refractivity contribution in [2.24, 2.45) is 23.7 Å². The summed E-state index contributed by atoms with van der Waals surface area (Å²) in [7, 11) is 0. The Morgan fingerprint density at radius 2 is 1.88 bits per heavy atom. The molecule has 25 heavy (non-hydrogen) atoms. The Bertz CT molecular complexity index is 488. The molecule has 0 aromatic heterocycles. The van der Waals surface area contributed by atoms with Gasteiger partial charge in [-0.25, -0.2) is 9.78 Å². The third-order valence-electron chi connectivity index (χ3n) is 7.33. The van der Waals surface area contributed by atoms with Crippen LogP contribution in [0.15, 0.2) is 0 Å². The second kappa shape index (κ2) is 6.75. The van der Waals surface area contributed by atoms with Crippen LogP contribution < -0.4 is 5.32 Å². The summed E-state index contributed by atoms with van der Waals surface area (Å²) in [4.78, 5) is 12.0. The SMILES string of the molecule is CCCNCC[C@H]1O[C@@H]2O[C@]3(C)CC[C@H]4[C@H](C)CC[C@@H]([C@H]1C)[C@@]24OO3. The molecule has 1 saturated carbocycles. The highest BCUT2D eigenvalue weighted by molar-refractivity contribution is 5.09. The molecular formula is C20H35NO4. The second-order valence-electron chi connectivity index (χ2n) is 8.98. The van der Waals surface area contributed by atoms with Crippen LogP contribution in [0.3, 0.4) is 0 Å². The Morgan fingerprint density at radius 1 is 1.04 bits per heavy atom. The third-order valence-corrected chi connectivity index (χ3v) is 7.33. The zero-order valence-electron chi connectivity index (χ0n) is 16.3. The molecule has 5 aliphatic rings. The van der Waals surface area contributed by atoms with Crippen molar-refractivity contribution < 1.29 is 19.2 Å². The van der Waals surface area contributed by atoms with E-state index < -0.39 is 11.4 Å². The van der Waals surface area contributed by atoms with Gasteiger partial charge in [-0.05, 0) is 69.9 Å². The van der Waals surface area contributed by atoms with Crippen molar-refractivity contribution in [3.8, 4) is 0 Å². The molecule has 0 unspecified atom stereocenters. The van der Waals surface area contributed by atoms with Gasteiger partial charge in [0.05, 0.1) is 6.10 Å². The van der Waals surface area contributed by atoms with Gasteiger partial charge in [0.1, 0.15) is 0 Å². The Morgan fingerprint density at radius 3 is 2.68 bits per heavy atom. The van der Waals surface area contributed by atoms with E-state index in [1.54, 1.807) is 0 Å². The highest BCUT2D eigenvalue weighted by atomic mass is 17.3. The van der Waals surface area contributed by atoms with Gasteiger partial charge < -0.3 is 14.8 Å². The van der Waals surface area contributed by atoms with Crippen LogP contribution in [0.25, 0.3) is 0 Å². The number of hydrogen-bond donors (Lipinski definition) is 1. The standard InChI is InChI=1S/C20H35NO4/c1-5-11-21-12-9-17-14(3)16-7-6-13(2)15-8-10-19(4)23-18(22-17)20(15,16)25-24-19/h13-18,21H,5-12H2,1-4H3/t13-,14-,15+,16+,17-,18-,19+,20-/m1/s1. The summed E-state index contributed by atoms with van der Waals surface area (Å²) in [5.41, 5.74) is -0.416. The molecule has 8 atom stereocenters. The molecule has 5 fully saturated rings. The maximum atomic E-state index is 6.57. The molecule has 4 aliphatic heterocycles. The van der Waals surface area contributed by atoms with Gasteiger partial charge in [-0.3, -0.25) is 0 Å². The molecule has 0 aromatic rings. The number of fused-ring (bicyclic) bond motifs is 2. The molecule has 5 heteroatoms. The highest BCUT2D eigenvalue weighted by Gasteiger charge is 2.69. The van der Waals surface area contributed by atoms with Crippen LogP contribution >= 0.6 is 0 Å². The molecular weight excluding hydrogens is 318 g/mol. The van der Waals surface area contributed by atoms with E-state index in [1.807, 2.05) is 6.92 Å². The van der Waals surface area contributed by atoms with Gasteiger partial charge in [0, 0.05) is 12.3 Å². The first-order chi connectivity index (χ1) is 12.0. The Labute approximate surface area is 152 Å². The number of hydrogen-bond acceptors (Lipinski definition) is 5. The van der Waals surface area contributed by atoms with Gasteiger partial charge in [-0.15, -0.1) is 0 Å². The monoisotopic (exact) mass is 353 g/mol. The number of ether oxygens (including phenoxy) is 2. The van der Waals surface area contributed by atoms with Crippen LogP contribution in [-0.4, -0.2) is 36.9 Å². The Kier molecular flexibility index (Phi) is 4.91. The lowest BCUT2D eigenvalue weighted by atomic mass is 9.57. The molecule has 0 aromatic carbocycles. The predicted molar refractivity (Wildman–Crippen MR) is 94.6 cm³/mol.